The maximum absolute atomic E-state index is 14.0. The first-order valence-corrected chi connectivity index (χ1v) is 15.3. The van der Waals surface area contributed by atoms with E-state index < -0.39 is 17.7 Å². The summed E-state index contributed by atoms with van der Waals surface area (Å²) in [6.45, 7) is 12.0. The molecule has 2 amide bonds. The summed E-state index contributed by atoms with van der Waals surface area (Å²) in [7, 11) is 1.68. The van der Waals surface area contributed by atoms with E-state index in [0.29, 0.717) is 74.7 Å². The van der Waals surface area contributed by atoms with Crippen molar-refractivity contribution in [3.63, 3.8) is 0 Å². The Bertz CT molecular complexity index is 1520. The molecule has 1 N–H and O–H groups in total. The number of nitrogens with one attached hydrogen (secondary N) is 1. The molecular weight excluding hydrogens is 602 g/mol. The lowest BCUT2D eigenvalue weighted by atomic mass is 9.99. The highest BCUT2D eigenvalue weighted by Crippen LogP contribution is 2.43. The monoisotopic (exact) mass is 643 g/mol. The van der Waals surface area contributed by atoms with Crippen molar-refractivity contribution in [2.24, 2.45) is 7.05 Å². The number of carbonyl (C=O) groups is 2. The summed E-state index contributed by atoms with van der Waals surface area (Å²) in [6, 6.07) is 8.73. The molecule has 45 heavy (non-hydrogen) atoms. The normalized spacial score (nSPS) is 14.6. The molecule has 4 rings (SSSR count). The van der Waals surface area contributed by atoms with Crippen LogP contribution in [0.1, 0.15) is 59.7 Å². The molecule has 1 aromatic carbocycles. The Labute approximate surface area is 268 Å². The van der Waals surface area contributed by atoms with Crippen LogP contribution in [0.15, 0.2) is 41.3 Å². The van der Waals surface area contributed by atoms with Gasteiger partial charge in [-0.1, -0.05) is 23.7 Å². The van der Waals surface area contributed by atoms with Gasteiger partial charge in [-0.3, -0.25) is 19.2 Å². The summed E-state index contributed by atoms with van der Waals surface area (Å²) >= 11 is 6.18. The molecule has 1 aliphatic rings. The van der Waals surface area contributed by atoms with E-state index in [2.05, 4.69) is 5.32 Å². The Hall–Kier alpha value is -3.71. The number of halogens is 1. The second kappa shape index (κ2) is 15.0. The van der Waals surface area contributed by atoms with Crippen molar-refractivity contribution in [3.8, 4) is 0 Å². The van der Waals surface area contributed by atoms with E-state index in [0.717, 1.165) is 16.8 Å². The number of carbonyl (C=O) groups excluding carboxylic acids is 2. The van der Waals surface area contributed by atoms with Crippen LogP contribution in [0.2, 0.25) is 5.02 Å². The number of aryl methyl sites for hydroxylation is 3. The molecule has 3 aromatic rings. The number of fused-ring (bicyclic) bond motifs is 1. The van der Waals surface area contributed by atoms with Gasteiger partial charge >= 0.3 is 6.09 Å². The number of rotatable bonds is 14. The standard InChI is InChI=1S/C32H42ClN5O7/c1-21-19-25(20-36(6)29(21)39)38-27(23-7-9-24(33)10-8-23)26-22(2)35-37(28(26)30(38)40)12-14-43-16-18-44-17-15-42-13-11-34-31(41)45-32(3,4)5/h7-10,19-20,27H,11-18H2,1-6H3,(H,34,41)/t27-/m1/s1. The van der Waals surface area contributed by atoms with Crippen LogP contribution in [0.25, 0.3) is 0 Å². The van der Waals surface area contributed by atoms with Crippen molar-refractivity contribution >= 4 is 29.3 Å². The highest BCUT2D eigenvalue weighted by atomic mass is 35.5. The largest absolute Gasteiger partial charge is 0.444 e. The van der Waals surface area contributed by atoms with Gasteiger partial charge in [-0.15, -0.1) is 0 Å². The predicted molar refractivity (Wildman–Crippen MR) is 170 cm³/mol. The van der Waals surface area contributed by atoms with Crippen LogP contribution in [0, 0.1) is 13.8 Å². The van der Waals surface area contributed by atoms with Crippen LogP contribution in [0.5, 0.6) is 0 Å². The number of nitrogens with zero attached hydrogens (tertiary/aromatic N) is 4. The lowest BCUT2D eigenvalue weighted by molar-refractivity contribution is 0.0122. The molecule has 13 heteroatoms. The maximum atomic E-state index is 14.0. The molecule has 0 spiro atoms. The van der Waals surface area contributed by atoms with Gasteiger partial charge in [0.1, 0.15) is 11.3 Å². The highest BCUT2D eigenvalue weighted by molar-refractivity contribution is 6.30. The highest BCUT2D eigenvalue weighted by Gasteiger charge is 2.44. The van der Waals surface area contributed by atoms with Crippen molar-refractivity contribution in [3.05, 3.63) is 80.0 Å². The zero-order chi connectivity index (χ0) is 32.7. The van der Waals surface area contributed by atoms with E-state index in [1.807, 2.05) is 19.1 Å². The minimum Gasteiger partial charge on any atom is -0.444 e. The molecule has 0 radical (unpaired) electrons. The molecule has 3 heterocycles. The van der Waals surface area contributed by atoms with Gasteiger partial charge in [0.15, 0.2) is 0 Å². The number of alkyl carbamates (subject to hydrolysis) is 1. The molecule has 0 aliphatic carbocycles. The van der Waals surface area contributed by atoms with Crippen molar-refractivity contribution < 1.29 is 28.5 Å². The molecule has 0 unspecified atom stereocenters. The fourth-order valence-electron chi connectivity index (χ4n) is 5.12. The van der Waals surface area contributed by atoms with Gasteiger partial charge in [-0.05, 0) is 58.4 Å². The van der Waals surface area contributed by atoms with Crippen molar-refractivity contribution in [1.82, 2.24) is 19.7 Å². The van der Waals surface area contributed by atoms with Gasteiger partial charge < -0.3 is 28.8 Å². The third kappa shape index (κ3) is 8.72. The van der Waals surface area contributed by atoms with Gasteiger partial charge in [0, 0.05) is 35.9 Å². The van der Waals surface area contributed by atoms with E-state index in [9.17, 15) is 14.4 Å². The number of aromatic nitrogens is 3. The Morgan fingerprint density at radius 2 is 1.60 bits per heavy atom. The molecule has 12 nitrogen and oxygen atoms in total. The summed E-state index contributed by atoms with van der Waals surface area (Å²) < 4.78 is 25.1. The summed E-state index contributed by atoms with van der Waals surface area (Å²) in [4.78, 5) is 39.8. The van der Waals surface area contributed by atoms with Gasteiger partial charge in [0.05, 0.1) is 63.6 Å². The Balaban J connectivity index is 1.29. The molecule has 0 bridgehead atoms. The number of pyridine rings is 1. The lowest BCUT2D eigenvalue weighted by Crippen LogP contribution is -2.34. The third-order valence-electron chi connectivity index (χ3n) is 7.04. The number of amides is 2. The minimum atomic E-state index is -0.539. The number of anilines is 1. The average Bonchev–Trinajstić information content (AvgIpc) is 3.45. The summed E-state index contributed by atoms with van der Waals surface area (Å²) in [5.74, 6) is -0.201. The fourth-order valence-corrected chi connectivity index (χ4v) is 5.24. The van der Waals surface area contributed by atoms with Gasteiger partial charge in [0.2, 0.25) is 0 Å². The van der Waals surface area contributed by atoms with Gasteiger partial charge in [-0.25, -0.2) is 4.79 Å². The Kier molecular flexibility index (Phi) is 11.4. The molecule has 244 valence electrons. The minimum absolute atomic E-state index is 0.116. The van der Waals surface area contributed by atoms with Gasteiger partial charge in [0.25, 0.3) is 11.5 Å². The topological polar surface area (TPSA) is 126 Å². The van der Waals surface area contributed by atoms with E-state index in [4.69, 9.17) is 35.6 Å². The number of hydrogen-bond acceptors (Lipinski definition) is 8. The smallest absolute Gasteiger partial charge is 0.407 e. The molecule has 0 fully saturated rings. The van der Waals surface area contributed by atoms with Crippen LogP contribution < -0.4 is 15.8 Å². The maximum Gasteiger partial charge on any atom is 0.407 e. The zero-order valence-corrected chi connectivity index (χ0v) is 27.5. The Morgan fingerprint density at radius 3 is 2.22 bits per heavy atom. The van der Waals surface area contributed by atoms with Crippen molar-refractivity contribution in [1.29, 1.82) is 0 Å². The van der Waals surface area contributed by atoms with E-state index in [-0.39, 0.29) is 11.5 Å². The number of benzene rings is 1. The lowest BCUT2D eigenvalue weighted by Gasteiger charge is -2.27. The first-order chi connectivity index (χ1) is 21.4. The molecule has 1 atom stereocenters. The molecule has 1 aliphatic heterocycles. The van der Waals surface area contributed by atoms with Crippen LogP contribution in [0.4, 0.5) is 10.5 Å². The van der Waals surface area contributed by atoms with Crippen LogP contribution in [-0.4, -0.2) is 78.1 Å². The average molecular weight is 644 g/mol. The molecule has 0 saturated carbocycles. The SMILES string of the molecule is Cc1nn(CCOCCOCCOCCNC(=O)OC(C)(C)C)c2c1[C@@H](c1ccc(Cl)cc1)N(c1cc(C)c(=O)n(C)c1)C2=O. The molecule has 2 aromatic heterocycles. The van der Waals surface area contributed by atoms with Crippen molar-refractivity contribution in [2.45, 2.75) is 52.8 Å². The zero-order valence-electron chi connectivity index (χ0n) is 26.7. The van der Waals surface area contributed by atoms with Crippen molar-refractivity contribution in [2.75, 3.05) is 51.1 Å². The Morgan fingerprint density at radius 1 is 0.978 bits per heavy atom. The first kappa shape index (κ1) is 34.2. The second-order valence-corrected chi connectivity index (χ2v) is 12.2. The summed E-state index contributed by atoms with van der Waals surface area (Å²) in [5.41, 5.74) is 3.46. The second-order valence-electron chi connectivity index (χ2n) is 11.8. The molecular formula is C32H42ClN5O7. The fraction of sp³-hybridized carbons (Fsp3) is 0.500. The van der Waals surface area contributed by atoms with Crippen LogP contribution in [0.3, 0.4) is 0 Å². The van der Waals surface area contributed by atoms with E-state index >= 15 is 0 Å². The quantitative estimate of drug-likeness (QED) is 0.260. The summed E-state index contributed by atoms with van der Waals surface area (Å²) in [5, 5.41) is 7.92. The number of hydrogen-bond donors (Lipinski definition) is 1. The first-order valence-electron chi connectivity index (χ1n) is 14.9. The predicted octanol–water partition coefficient (Wildman–Crippen LogP) is 4.18. The van der Waals surface area contributed by atoms with Crippen LogP contribution in [-0.2, 0) is 32.5 Å². The molecule has 0 saturated heterocycles. The van der Waals surface area contributed by atoms with E-state index in [1.165, 1.54) is 4.57 Å². The van der Waals surface area contributed by atoms with Crippen LogP contribution >= 0.6 is 11.6 Å². The third-order valence-corrected chi connectivity index (χ3v) is 7.30. The van der Waals surface area contributed by atoms with Gasteiger partial charge in [-0.2, -0.15) is 5.10 Å². The summed E-state index contributed by atoms with van der Waals surface area (Å²) in [6.07, 6.45) is 1.21. The van der Waals surface area contributed by atoms with E-state index in [1.54, 1.807) is 68.7 Å². The number of ether oxygens (including phenoxy) is 4.